The lowest BCUT2D eigenvalue weighted by molar-refractivity contribution is -0.125. The number of carbonyl (C=O) groups excluding carboxylic acids is 1. The Morgan fingerprint density at radius 2 is 1.97 bits per heavy atom. The first kappa shape index (κ1) is 22.5. The summed E-state index contributed by atoms with van der Waals surface area (Å²) in [6.07, 6.45) is 5.43. The highest BCUT2D eigenvalue weighted by Gasteiger charge is 2.39. The number of carbonyl (C=O) groups is 1. The van der Waals surface area contributed by atoms with Crippen LogP contribution in [-0.4, -0.2) is 58.1 Å². The van der Waals surface area contributed by atoms with Crippen LogP contribution in [0.15, 0.2) is 30.5 Å². The van der Waals surface area contributed by atoms with Crippen LogP contribution in [0.3, 0.4) is 0 Å². The molecule has 1 aromatic heterocycles. The molecule has 7 nitrogen and oxygen atoms in total. The van der Waals surface area contributed by atoms with E-state index in [0.29, 0.717) is 18.8 Å². The number of phenolic OH excluding ortho intramolecular Hbond substituents is 1. The van der Waals surface area contributed by atoms with Crippen molar-refractivity contribution in [2.75, 3.05) is 31.1 Å². The number of rotatable bonds is 6. The van der Waals surface area contributed by atoms with E-state index in [0.717, 1.165) is 42.4 Å². The van der Waals surface area contributed by atoms with Gasteiger partial charge in [-0.2, -0.15) is 0 Å². The highest BCUT2D eigenvalue weighted by atomic mass is 16.3. The molecular weight excluding hydrogens is 402 g/mol. The quantitative estimate of drug-likeness (QED) is 0.722. The van der Waals surface area contributed by atoms with Crippen molar-refractivity contribution in [3.05, 3.63) is 47.3 Å². The summed E-state index contributed by atoms with van der Waals surface area (Å²) in [5, 5.41) is 13.5. The van der Waals surface area contributed by atoms with Crippen LogP contribution >= 0.6 is 0 Å². The summed E-state index contributed by atoms with van der Waals surface area (Å²) < 4.78 is 0. The summed E-state index contributed by atoms with van der Waals surface area (Å²) in [6.45, 7) is 9.90. The van der Waals surface area contributed by atoms with Gasteiger partial charge < -0.3 is 15.3 Å². The molecule has 2 saturated heterocycles. The highest BCUT2D eigenvalue weighted by Crippen LogP contribution is 2.34. The molecule has 0 unspecified atom stereocenters. The Kier molecular flexibility index (Phi) is 6.94. The molecule has 172 valence electrons. The number of hydrogen-bond donors (Lipinski definition) is 2. The average molecular weight is 438 g/mol. The van der Waals surface area contributed by atoms with Gasteiger partial charge in [0.1, 0.15) is 5.75 Å². The van der Waals surface area contributed by atoms with E-state index in [4.69, 9.17) is 4.98 Å². The monoisotopic (exact) mass is 437 g/mol. The van der Waals surface area contributed by atoms with E-state index in [9.17, 15) is 9.90 Å². The van der Waals surface area contributed by atoms with Gasteiger partial charge in [0.2, 0.25) is 11.9 Å². The van der Waals surface area contributed by atoms with Crippen LogP contribution in [0.5, 0.6) is 5.75 Å². The van der Waals surface area contributed by atoms with Gasteiger partial charge in [-0.25, -0.2) is 9.97 Å². The fourth-order valence-electron chi connectivity index (χ4n) is 4.83. The minimum Gasteiger partial charge on any atom is -0.508 e. The number of hydrogen-bond acceptors (Lipinski definition) is 6. The number of nitrogens with one attached hydrogen (secondary N) is 1. The van der Waals surface area contributed by atoms with Gasteiger partial charge in [0.15, 0.2) is 0 Å². The topological polar surface area (TPSA) is 81.6 Å². The molecule has 1 aromatic carbocycles. The molecule has 2 aliphatic rings. The first-order valence-corrected chi connectivity index (χ1v) is 11.8. The van der Waals surface area contributed by atoms with Crippen molar-refractivity contribution in [2.45, 2.75) is 58.5 Å². The maximum Gasteiger partial charge on any atom is 0.225 e. The van der Waals surface area contributed by atoms with E-state index < -0.39 is 0 Å². The number of nitrogens with zero attached hydrogens (tertiary/aromatic N) is 4. The molecule has 0 aliphatic carbocycles. The van der Waals surface area contributed by atoms with Crippen LogP contribution in [0.1, 0.15) is 55.8 Å². The molecule has 32 heavy (non-hydrogen) atoms. The van der Waals surface area contributed by atoms with Crippen LogP contribution in [0.25, 0.3) is 0 Å². The minimum absolute atomic E-state index is 0.00659. The third-order valence-corrected chi connectivity index (χ3v) is 6.48. The van der Waals surface area contributed by atoms with Gasteiger partial charge in [0, 0.05) is 56.4 Å². The second kappa shape index (κ2) is 9.86. The van der Waals surface area contributed by atoms with E-state index in [1.165, 1.54) is 19.3 Å². The molecule has 2 aliphatic heterocycles. The molecule has 0 bridgehead atoms. The van der Waals surface area contributed by atoms with E-state index in [1.54, 1.807) is 6.07 Å². The standard InChI is InChI=1S/C25H35N5O2/c1-17(2)27-24(32)21-16-29(14-19-8-7-18(3)13-23(19)31)15-20(21)22-9-10-26-25(28-22)30-11-5-4-6-12-30/h7-10,13,17,20-21,31H,4-6,11-12,14-16H2,1-3H3,(H,27,32)/t20-,21-/m1/s1. The van der Waals surface area contributed by atoms with Crippen molar-refractivity contribution in [3.63, 3.8) is 0 Å². The summed E-state index contributed by atoms with van der Waals surface area (Å²) >= 11 is 0. The molecule has 2 aromatic rings. The molecular formula is C25H35N5O2. The summed E-state index contributed by atoms with van der Waals surface area (Å²) in [4.78, 5) is 27.1. The van der Waals surface area contributed by atoms with Gasteiger partial charge in [-0.3, -0.25) is 9.69 Å². The lowest BCUT2D eigenvalue weighted by atomic mass is 9.91. The fourth-order valence-corrected chi connectivity index (χ4v) is 4.83. The van der Waals surface area contributed by atoms with Crippen LogP contribution in [-0.2, 0) is 11.3 Å². The molecule has 0 saturated carbocycles. The second-order valence-electron chi connectivity index (χ2n) is 9.53. The number of aromatic nitrogens is 2. The normalized spacial score (nSPS) is 21.8. The summed E-state index contributed by atoms with van der Waals surface area (Å²) in [6, 6.07) is 7.83. The molecule has 0 spiro atoms. The Bertz CT molecular complexity index is 942. The van der Waals surface area contributed by atoms with E-state index in [-0.39, 0.29) is 23.8 Å². The third-order valence-electron chi connectivity index (χ3n) is 6.48. The van der Waals surface area contributed by atoms with Crippen LogP contribution in [0.4, 0.5) is 5.95 Å². The summed E-state index contributed by atoms with van der Waals surface area (Å²) in [5.74, 6) is 0.964. The van der Waals surface area contributed by atoms with Crippen LogP contribution in [0.2, 0.25) is 0 Å². The molecule has 2 fully saturated rings. The number of piperidine rings is 1. The number of aryl methyl sites for hydroxylation is 1. The number of amides is 1. The lowest BCUT2D eigenvalue weighted by Crippen LogP contribution is -2.38. The highest BCUT2D eigenvalue weighted by molar-refractivity contribution is 5.80. The number of likely N-dealkylation sites (tertiary alicyclic amines) is 1. The van der Waals surface area contributed by atoms with Crippen molar-refractivity contribution in [1.29, 1.82) is 0 Å². The van der Waals surface area contributed by atoms with Crippen LogP contribution < -0.4 is 10.2 Å². The molecule has 2 N–H and O–H groups in total. The number of phenols is 1. The molecule has 1 amide bonds. The Labute approximate surface area is 190 Å². The molecule has 7 heteroatoms. The first-order valence-electron chi connectivity index (χ1n) is 11.8. The molecule has 2 atom stereocenters. The predicted octanol–water partition coefficient (Wildman–Crippen LogP) is 3.22. The first-order chi connectivity index (χ1) is 15.4. The Hall–Kier alpha value is -2.67. The molecule has 4 rings (SSSR count). The zero-order valence-corrected chi connectivity index (χ0v) is 19.4. The number of anilines is 1. The van der Waals surface area contributed by atoms with Crippen molar-refractivity contribution in [2.24, 2.45) is 5.92 Å². The van der Waals surface area contributed by atoms with Gasteiger partial charge >= 0.3 is 0 Å². The van der Waals surface area contributed by atoms with Crippen molar-refractivity contribution in [3.8, 4) is 5.75 Å². The lowest BCUT2D eigenvalue weighted by Gasteiger charge is -2.27. The molecule has 0 radical (unpaired) electrons. The Morgan fingerprint density at radius 1 is 1.19 bits per heavy atom. The zero-order valence-electron chi connectivity index (χ0n) is 19.4. The smallest absolute Gasteiger partial charge is 0.225 e. The van der Waals surface area contributed by atoms with Gasteiger partial charge in [-0.05, 0) is 57.7 Å². The third kappa shape index (κ3) is 5.21. The van der Waals surface area contributed by atoms with Crippen molar-refractivity contribution >= 4 is 11.9 Å². The number of benzene rings is 1. The van der Waals surface area contributed by atoms with Gasteiger partial charge in [-0.15, -0.1) is 0 Å². The van der Waals surface area contributed by atoms with Gasteiger partial charge in [0.05, 0.1) is 11.6 Å². The van der Waals surface area contributed by atoms with Crippen molar-refractivity contribution in [1.82, 2.24) is 20.2 Å². The van der Waals surface area contributed by atoms with Gasteiger partial charge in [0.25, 0.3) is 0 Å². The fraction of sp³-hybridized carbons (Fsp3) is 0.560. The summed E-state index contributed by atoms with van der Waals surface area (Å²) in [7, 11) is 0. The second-order valence-corrected chi connectivity index (χ2v) is 9.53. The Balaban J connectivity index is 1.57. The maximum atomic E-state index is 13.1. The van der Waals surface area contributed by atoms with E-state index in [1.807, 2.05) is 45.2 Å². The van der Waals surface area contributed by atoms with Gasteiger partial charge in [-0.1, -0.05) is 12.1 Å². The van der Waals surface area contributed by atoms with Crippen LogP contribution in [0, 0.1) is 12.8 Å². The minimum atomic E-state index is -0.186. The van der Waals surface area contributed by atoms with E-state index >= 15 is 0 Å². The number of aromatic hydroxyl groups is 1. The maximum absolute atomic E-state index is 13.1. The average Bonchev–Trinajstić information content (AvgIpc) is 3.20. The zero-order chi connectivity index (χ0) is 22.7. The Morgan fingerprint density at radius 3 is 2.69 bits per heavy atom. The molecule has 3 heterocycles. The predicted molar refractivity (Wildman–Crippen MR) is 126 cm³/mol. The van der Waals surface area contributed by atoms with Crippen molar-refractivity contribution < 1.29 is 9.90 Å². The largest absolute Gasteiger partial charge is 0.508 e. The van der Waals surface area contributed by atoms with E-state index in [2.05, 4.69) is 20.1 Å². The summed E-state index contributed by atoms with van der Waals surface area (Å²) in [5.41, 5.74) is 2.85. The SMILES string of the molecule is Cc1ccc(CN2C[C@@H](C(=O)NC(C)C)[C@H](c3ccnc(N4CCCCC4)n3)C2)c(O)c1.